The molecule has 10 nitrogen and oxygen atoms in total. The van der Waals surface area contributed by atoms with Crippen LogP contribution in [0.1, 0.15) is 28.7 Å². The van der Waals surface area contributed by atoms with Crippen molar-refractivity contribution in [2.75, 3.05) is 13.6 Å². The normalized spacial score (nSPS) is 20.2. The fraction of sp³-hybridized carbons (Fsp3) is 0.312. The molecule has 3 aromatic heterocycles. The lowest BCUT2D eigenvalue weighted by Gasteiger charge is -2.14. The number of likely N-dealkylation sites (tertiary alicyclic amines) is 1. The van der Waals surface area contributed by atoms with Crippen LogP contribution in [0.25, 0.3) is 11.5 Å². The maximum Gasteiger partial charge on any atom is 0.254 e. The maximum absolute atomic E-state index is 12.3. The van der Waals surface area contributed by atoms with Gasteiger partial charge in [0.15, 0.2) is 0 Å². The molecular formula is C16H16N8O2. The molecule has 4 heterocycles. The van der Waals surface area contributed by atoms with Crippen molar-refractivity contribution in [2.24, 2.45) is 0 Å². The Morgan fingerprint density at radius 2 is 2.08 bits per heavy atom. The summed E-state index contributed by atoms with van der Waals surface area (Å²) in [7, 11) is 1.95. The Balaban J connectivity index is 1.44. The summed E-state index contributed by atoms with van der Waals surface area (Å²) in [5.41, 5.74) is 0.985. The Hall–Kier alpha value is -3.27. The molecule has 1 amide bonds. The van der Waals surface area contributed by atoms with Crippen LogP contribution >= 0.6 is 0 Å². The fourth-order valence-electron chi connectivity index (χ4n) is 2.97. The molecule has 1 N–H and O–H groups in total. The van der Waals surface area contributed by atoms with Crippen molar-refractivity contribution < 1.29 is 9.32 Å². The molecule has 2 unspecified atom stereocenters. The van der Waals surface area contributed by atoms with E-state index in [0.717, 1.165) is 0 Å². The number of nitrogens with zero attached hydrogens (tertiary/aromatic N) is 7. The number of carbonyl (C=O) groups excluding carboxylic acids is 1. The van der Waals surface area contributed by atoms with E-state index < -0.39 is 0 Å². The summed E-state index contributed by atoms with van der Waals surface area (Å²) in [5, 5.41) is 6.97. The summed E-state index contributed by atoms with van der Waals surface area (Å²) in [6, 6.07) is -0.116. The van der Waals surface area contributed by atoms with Gasteiger partial charge in [-0.3, -0.25) is 14.7 Å². The lowest BCUT2D eigenvalue weighted by Crippen LogP contribution is -2.36. The third-order valence-corrected chi connectivity index (χ3v) is 4.23. The lowest BCUT2D eigenvalue weighted by molar-refractivity contribution is 0.0937. The van der Waals surface area contributed by atoms with Crippen LogP contribution in [0.5, 0.6) is 0 Å². The second kappa shape index (κ2) is 6.92. The molecule has 0 spiro atoms. The zero-order valence-electron chi connectivity index (χ0n) is 14.0. The van der Waals surface area contributed by atoms with Gasteiger partial charge in [-0.1, -0.05) is 5.16 Å². The van der Waals surface area contributed by atoms with Crippen molar-refractivity contribution in [1.82, 2.24) is 40.3 Å². The molecule has 0 aliphatic carbocycles. The molecule has 0 aromatic carbocycles. The van der Waals surface area contributed by atoms with E-state index in [9.17, 15) is 4.79 Å². The van der Waals surface area contributed by atoms with Gasteiger partial charge in [0.05, 0.1) is 17.8 Å². The molecule has 26 heavy (non-hydrogen) atoms. The zero-order valence-corrected chi connectivity index (χ0v) is 14.0. The van der Waals surface area contributed by atoms with Crippen LogP contribution in [0.4, 0.5) is 0 Å². The van der Waals surface area contributed by atoms with Crippen LogP contribution in [-0.2, 0) is 0 Å². The predicted octanol–water partition coefficient (Wildman–Crippen LogP) is 0.492. The topological polar surface area (TPSA) is 123 Å². The molecule has 0 radical (unpaired) electrons. The number of hydrogen-bond donors (Lipinski definition) is 1. The Morgan fingerprint density at radius 3 is 2.85 bits per heavy atom. The standard InChI is InChI=1S/C16H16N8O2/c1-24-8-11(21-15(25)10-5-18-9-19-6-10)4-13(24)16-22-14(23-26-16)12-7-17-2-3-20-12/h2-3,5-7,9,11,13H,4,8H2,1H3,(H,21,25). The van der Waals surface area contributed by atoms with Gasteiger partial charge >= 0.3 is 0 Å². The smallest absolute Gasteiger partial charge is 0.254 e. The van der Waals surface area contributed by atoms with Crippen LogP contribution in [-0.4, -0.2) is 60.5 Å². The van der Waals surface area contributed by atoms with Gasteiger partial charge in [0.1, 0.15) is 12.0 Å². The number of carbonyl (C=O) groups is 1. The number of amides is 1. The summed E-state index contributed by atoms with van der Waals surface area (Å²) >= 11 is 0. The molecule has 1 fully saturated rings. The molecular weight excluding hydrogens is 336 g/mol. The lowest BCUT2D eigenvalue weighted by atomic mass is 10.1. The van der Waals surface area contributed by atoms with E-state index in [2.05, 4.69) is 40.3 Å². The van der Waals surface area contributed by atoms with Crippen molar-refractivity contribution >= 4 is 5.91 Å². The van der Waals surface area contributed by atoms with E-state index in [1.165, 1.54) is 18.7 Å². The van der Waals surface area contributed by atoms with Gasteiger partial charge < -0.3 is 9.84 Å². The van der Waals surface area contributed by atoms with Gasteiger partial charge in [-0.2, -0.15) is 4.98 Å². The van der Waals surface area contributed by atoms with Crippen molar-refractivity contribution in [2.45, 2.75) is 18.5 Å². The first-order chi connectivity index (χ1) is 12.7. The minimum Gasteiger partial charge on any atom is -0.348 e. The predicted molar refractivity (Wildman–Crippen MR) is 88.6 cm³/mol. The first kappa shape index (κ1) is 16.2. The molecule has 0 saturated carbocycles. The quantitative estimate of drug-likeness (QED) is 0.714. The van der Waals surface area contributed by atoms with E-state index in [0.29, 0.717) is 35.9 Å². The van der Waals surface area contributed by atoms with Crippen molar-refractivity contribution in [3.05, 3.63) is 48.8 Å². The highest BCUT2D eigenvalue weighted by atomic mass is 16.5. The molecule has 132 valence electrons. The molecule has 1 aliphatic heterocycles. The maximum atomic E-state index is 12.3. The molecule has 0 bridgehead atoms. The summed E-state index contributed by atoms with van der Waals surface area (Å²) in [5.74, 6) is 0.693. The summed E-state index contributed by atoms with van der Waals surface area (Å²) < 4.78 is 5.41. The highest BCUT2D eigenvalue weighted by Gasteiger charge is 2.35. The van der Waals surface area contributed by atoms with Crippen LogP contribution in [0.3, 0.4) is 0 Å². The summed E-state index contributed by atoms with van der Waals surface area (Å²) in [4.78, 5) is 34.7. The molecule has 2 atom stereocenters. The van der Waals surface area contributed by atoms with Gasteiger partial charge in [-0.05, 0) is 13.5 Å². The third kappa shape index (κ3) is 3.26. The number of likely N-dealkylation sites (N-methyl/N-ethyl adjacent to an activating group) is 1. The van der Waals surface area contributed by atoms with Crippen LogP contribution in [0, 0.1) is 0 Å². The summed E-state index contributed by atoms with van der Waals surface area (Å²) in [6.45, 7) is 0.674. The van der Waals surface area contributed by atoms with E-state index in [1.54, 1.807) is 18.6 Å². The number of rotatable bonds is 4. The van der Waals surface area contributed by atoms with E-state index in [-0.39, 0.29) is 18.0 Å². The van der Waals surface area contributed by atoms with E-state index in [4.69, 9.17) is 4.52 Å². The largest absolute Gasteiger partial charge is 0.348 e. The number of nitrogens with one attached hydrogen (secondary N) is 1. The minimum atomic E-state index is -0.199. The third-order valence-electron chi connectivity index (χ3n) is 4.23. The van der Waals surface area contributed by atoms with Crippen molar-refractivity contribution in [3.8, 4) is 11.5 Å². The SMILES string of the molecule is CN1CC(NC(=O)c2cncnc2)CC1c1nc(-c2cnccn2)no1. The molecule has 10 heteroatoms. The highest BCUT2D eigenvalue weighted by Crippen LogP contribution is 2.30. The Kier molecular flexibility index (Phi) is 4.32. The molecule has 1 saturated heterocycles. The van der Waals surface area contributed by atoms with Crippen molar-refractivity contribution in [1.29, 1.82) is 0 Å². The molecule has 1 aliphatic rings. The molecule has 3 aromatic rings. The number of hydrogen-bond acceptors (Lipinski definition) is 9. The van der Waals surface area contributed by atoms with Crippen LogP contribution < -0.4 is 5.32 Å². The highest BCUT2D eigenvalue weighted by molar-refractivity contribution is 5.93. The van der Waals surface area contributed by atoms with Gasteiger partial charge in [-0.25, -0.2) is 15.0 Å². The van der Waals surface area contributed by atoms with Crippen molar-refractivity contribution in [3.63, 3.8) is 0 Å². The zero-order chi connectivity index (χ0) is 17.9. The fourth-order valence-corrected chi connectivity index (χ4v) is 2.97. The summed E-state index contributed by atoms with van der Waals surface area (Å²) in [6.07, 6.45) is 9.77. The Morgan fingerprint density at radius 1 is 1.23 bits per heavy atom. The van der Waals surface area contributed by atoms with E-state index in [1.807, 2.05) is 7.05 Å². The average Bonchev–Trinajstić information content (AvgIpc) is 3.30. The second-order valence-electron chi connectivity index (χ2n) is 6.04. The number of aromatic nitrogens is 6. The monoisotopic (exact) mass is 352 g/mol. The van der Waals surface area contributed by atoms with Gasteiger partial charge in [0.25, 0.3) is 5.91 Å². The Bertz CT molecular complexity index is 886. The van der Waals surface area contributed by atoms with Crippen LogP contribution in [0.2, 0.25) is 0 Å². The van der Waals surface area contributed by atoms with Crippen LogP contribution in [0.15, 0.2) is 41.8 Å². The van der Waals surface area contributed by atoms with Gasteiger partial charge in [0, 0.05) is 37.4 Å². The van der Waals surface area contributed by atoms with Gasteiger partial charge in [-0.15, -0.1) is 0 Å². The first-order valence-electron chi connectivity index (χ1n) is 8.07. The molecule has 4 rings (SSSR count). The first-order valence-corrected chi connectivity index (χ1v) is 8.07. The Labute approximate surface area is 148 Å². The van der Waals surface area contributed by atoms with E-state index >= 15 is 0 Å². The average molecular weight is 352 g/mol. The second-order valence-corrected chi connectivity index (χ2v) is 6.04. The minimum absolute atomic E-state index is 0.0374. The van der Waals surface area contributed by atoms with Gasteiger partial charge in [0.2, 0.25) is 11.7 Å².